The van der Waals surface area contributed by atoms with Gasteiger partial charge in [0.2, 0.25) is 0 Å². The van der Waals surface area contributed by atoms with Crippen LogP contribution in [0.3, 0.4) is 0 Å². The number of benzene rings is 1. The lowest BCUT2D eigenvalue weighted by Gasteiger charge is -2.09. The van der Waals surface area contributed by atoms with Gasteiger partial charge in [0.15, 0.2) is 17.3 Å². The number of anilines is 1. The highest BCUT2D eigenvalue weighted by atomic mass is 16.6. The van der Waals surface area contributed by atoms with Crippen molar-refractivity contribution in [3.05, 3.63) is 42.2 Å². The monoisotopic (exact) mass is 349 g/mol. The fourth-order valence-corrected chi connectivity index (χ4v) is 3.16. The van der Waals surface area contributed by atoms with E-state index in [-0.39, 0.29) is 5.82 Å². The molecule has 8 heteroatoms. The second kappa shape index (κ2) is 6.57. The predicted molar refractivity (Wildman–Crippen MR) is 99.1 cm³/mol. The number of aryl methyl sites for hydroxylation is 1. The van der Waals surface area contributed by atoms with Crippen LogP contribution in [0.5, 0.6) is 0 Å². The Labute approximate surface area is 149 Å². The number of fused-ring (bicyclic) bond motifs is 1. The minimum atomic E-state index is 0.218. The van der Waals surface area contributed by atoms with Crippen LogP contribution in [-0.2, 0) is 13.0 Å². The molecular weight excluding hydrogens is 330 g/mol. The molecule has 132 valence electrons. The first kappa shape index (κ1) is 16.2. The zero-order valence-electron chi connectivity index (χ0n) is 14.4. The molecule has 0 fully saturated rings. The number of imidazole rings is 1. The second-order valence-electron chi connectivity index (χ2n) is 5.97. The molecule has 0 amide bonds. The van der Waals surface area contributed by atoms with Crippen LogP contribution in [0, 0.1) is 0 Å². The maximum Gasteiger partial charge on any atom is 0.199 e. The van der Waals surface area contributed by atoms with E-state index < -0.39 is 0 Å². The maximum atomic E-state index is 5.87. The third-order valence-corrected chi connectivity index (χ3v) is 4.39. The van der Waals surface area contributed by atoms with Gasteiger partial charge in [0.25, 0.3) is 0 Å². The number of aromatic nitrogens is 5. The Balaban J connectivity index is 1.91. The summed E-state index contributed by atoms with van der Waals surface area (Å²) >= 11 is 0. The first-order valence-electron chi connectivity index (χ1n) is 8.45. The van der Waals surface area contributed by atoms with Crippen LogP contribution in [0.4, 0.5) is 5.82 Å². The molecule has 4 N–H and O–H groups in total. The second-order valence-corrected chi connectivity index (χ2v) is 5.97. The first-order valence-corrected chi connectivity index (χ1v) is 8.45. The van der Waals surface area contributed by atoms with Crippen molar-refractivity contribution in [1.29, 1.82) is 0 Å². The molecule has 0 aliphatic carbocycles. The smallest absolute Gasteiger partial charge is 0.199 e. The highest BCUT2D eigenvalue weighted by Crippen LogP contribution is 2.32. The highest BCUT2D eigenvalue weighted by molar-refractivity contribution is 5.93. The lowest BCUT2D eigenvalue weighted by Crippen LogP contribution is -2.02. The summed E-state index contributed by atoms with van der Waals surface area (Å²) in [6.45, 7) is 3.37. The molecule has 26 heavy (non-hydrogen) atoms. The van der Waals surface area contributed by atoms with Gasteiger partial charge in [-0.2, -0.15) is 0 Å². The average Bonchev–Trinajstić information content (AvgIpc) is 3.25. The Morgan fingerprint density at radius 3 is 2.58 bits per heavy atom. The third kappa shape index (κ3) is 2.60. The molecular formula is C18H19N7O. The van der Waals surface area contributed by atoms with E-state index in [0.717, 1.165) is 28.6 Å². The van der Waals surface area contributed by atoms with Gasteiger partial charge in [0.1, 0.15) is 5.52 Å². The van der Waals surface area contributed by atoms with E-state index in [2.05, 4.69) is 49.1 Å². The summed E-state index contributed by atoms with van der Waals surface area (Å²) in [6, 6.07) is 8.35. The molecule has 4 rings (SSSR count). The van der Waals surface area contributed by atoms with Crippen molar-refractivity contribution >= 4 is 16.9 Å². The minimum Gasteiger partial charge on any atom is -0.379 e. The molecule has 3 heterocycles. The number of nitrogens with two attached hydrogens (primary N) is 2. The molecule has 0 aliphatic rings. The highest BCUT2D eigenvalue weighted by Gasteiger charge is 2.20. The molecule has 0 bridgehead atoms. The number of hydrogen-bond acceptors (Lipinski definition) is 7. The number of hydrogen-bond donors (Lipinski definition) is 2. The Hall–Kier alpha value is -3.26. The molecule has 0 saturated carbocycles. The van der Waals surface area contributed by atoms with Gasteiger partial charge in [0, 0.05) is 18.3 Å². The van der Waals surface area contributed by atoms with Crippen molar-refractivity contribution in [3.63, 3.8) is 0 Å². The average molecular weight is 349 g/mol. The van der Waals surface area contributed by atoms with Crippen LogP contribution >= 0.6 is 0 Å². The van der Waals surface area contributed by atoms with Gasteiger partial charge in [-0.05, 0) is 41.3 Å². The quantitative estimate of drug-likeness (QED) is 0.566. The lowest BCUT2D eigenvalue weighted by atomic mass is 10.0. The topological polar surface area (TPSA) is 122 Å². The largest absolute Gasteiger partial charge is 0.379 e. The molecule has 0 spiro atoms. The summed E-state index contributed by atoms with van der Waals surface area (Å²) < 4.78 is 6.79. The van der Waals surface area contributed by atoms with Crippen molar-refractivity contribution in [1.82, 2.24) is 24.8 Å². The lowest BCUT2D eigenvalue weighted by molar-refractivity contribution is 0.310. The van der Waals surface area contributed by atoms with E-state index in [1.165, 1.54) is 5.56 Å². The van der Waals surface area contributed by atoms with Crippen LogP contribution < -0.4 is 11.5 Å². The van der Waals surface area contributed by atoms with Crippen molar-refractivity contribution < 1.29 is 4.63 Å². The summed E-state index contributed by atoms with van der Waals surface area (Å²) in [5.41, 5.74) is 17.0. The van der Waals surface area contributed by atoms with Gasteiger partial charge in [-0.1, -0.05) is 24.3 Å². The predicted octanol–water partition coefficient (Wildman–Crippen LogP) is 2.25. The van der Waals surface area contributed by atoms with Crippen molar-refractivity contribution in [2.24, 2.45) is 5.73 Å². The Kier molecular flexibility index (Phi) is 4.10. The summed E-state index contributed by atoms with van der Waals surface area (Å²) in [6.07, 6.45) is 4.45. The van der Waals surface area contributed by atoms with Gasteiger partial charge in [-0.25, -0.2) is 9.61 Å². The minimum absolute atomic E-state index is 0.218. The van der Waals surface area contributed by atoms with Crippen LogP contribution in [0.25, 0.3) is 33.7 Å². The molecule has 4 aromatic rings. The molecule has 1 aromatic carbocycles. The van der Waals surface area contributed by atoms with Gasteiger partial charge in [-0.3, -0.25) is 4.98 Å². The van der Waals surface area contributed by atoms with Gasteiger partial charge >= 0.3 is 0 Å². The normalized spacial score (nSPS) is 11.3. The van der Waals surface area contributed by atoms with Crippen LogP contribution in [-0.4, -0.2) is 31.4 Å². The van der Waals surface area contributed by atoms with Crippen LogP contribution in [0.2, 0.25) is 0 Å². The van der Waals surface area contributed by atoms with Crippen molar-refractivity contribution in [2.45, 2.75) is 19.9 Å². The summed E-state index contributed by atoms with van der Waals surface area (Å²) in [7, 11) is 0. The molecule has 0 unspecified atom stereocenters. The zero-order valence-corrected chi connectivity index (χ0v) is 14.4. The molecule has 3 aromatic heterocycles. The standard InChI is InChI=1S/C18H19N7O/c1-2-25-16-13(12-5-3-11(4-6-12)7-8-19)9-21-10-14(16)22-18(25)15-17(20)24-26-23-15/h3-6,9-10H,2,7-8,19H2,1H3,(H2,20,24). The summed E-state index contributed by atoms with van der Waals surface area (Å²) in [5.74, 6) is 0.839. The van der Waals surface area contributed by atoms with Crippen LogP contribution in [0.15, 0.2) is 41.3 Å². The third-order valence-electron chi connectivity index (χ3n) is 4.39. The number of pyridine rings is 1. The number of nitrogens with zero attached hydrogens (tertiary/aromatic N) is 5. The van der Waals surface area contributed by atoms with Crippen molar-refractivity contribution in [3.8, 4) is 22.6 Å². The number of rotatable bonds is 5. The van der Waals surface area contributed by atoms with E-state index in [1.54, 1.807) is 6.20 Å². The summed E-state index contributed by atoms with van der Waals surface area (Å²) in [5, 5.41) is 7.56. The first-order chi connectivity index (χ1) is 12.7. The van der Waals surface area contributed by atoms with Crippen molar-refractivity contribution in [2.75, 3.05) is 12.3 Å². The summed E-state index contributed by atoms with van der Waals surface area (Å²) in [4.78, 5) is 9.02. The van der Waals surface area contributed by atoms with E-state index in [4.69, 9.17) is 16.1 Å². The maximum absolute atomic E-state index is 5.87. The van der Waals surface area contributed by atoms with Gasteiger partial charge < -0.3 is 16.0 Å². The van der Waals surface area contributed by atoms with E-state index in [9.17, 15) is 0 Å². The fraction of sp³-hybridized carbons (Fsp3) is 0.222. The van der Waals surface area contributed by atoms with E-state index in [0.29, 0.717) is 24.6 Å². The van der Waals surface area contributed by atoms with Crippen LogP contribution in [0.1, 0.15) is 12.5 Å². The van der Waals surface area contributed by atoms with Gasteiger partial charge in [-0.15, -0.1) is 0 Å². The van der Waals surface area contributed by atoms with E-state index in [1.807, 2.05) is 13.1 Å². The molecule has 0 saturated heterocycles. The SMILES string of the molecule is CCn1c(-c2nonc2N)nc2cncc(-c3ccc(CCN)cc3)c21. The fourth-order valence-electron chi connectivity index (χ4n) is 3.16. The Bertz CT molecular complexity index is 1050. The zero-order chi connectivity index (χ0) is 18.1. The Morgan fingerprint density at radius 1 is 1.12 bits per heavy atom. The molecule has 0 radical (unpaired) electrons. The molecule has 0 atom stereocenters. The number of nitrogen functional groups attached to an aromatic ring is 1. The van der Waals surface area contributed by atoms with E-state index >= 15 is 0 Å². The van der Waals surface area contributed by atoms with Gasteiger partial charge in [0.05, 0.1) is 11.7 Å². The molecule has 0 aliphatic heterocycles. The molecule has 8 nitrogen and oxygen atoms in total. The Morgan fingerprint density at radius 2 is 1.92 bits per heavy atom.